The predicted octanol–water partition coefficient (Wildman–Crippen LogP) is 2.84. The lowest BCUT2D eigenvalue weighted by Crippen LogP contribution is -2.51. The Morgan fingerprint density at radius 1 is 1.25 bits per heavy atom. The van der Waals surface area contributed by atoms with Crippen LogP contribution in [0.1, 0.15) is 49.4 Å². The van der Waals surface area contributed by atoms with E-state index in [2.05, 4.69) is 22.5 Å². The van der Waals surface area contributed by atoms with Crippen LogP contribution in [-0.4, -0.2) is 52.8 Å². The van der Waals surface area contributed by atoms with Gasteiger partial charge in [-0.25, -0.2) is 0 Å². The minimum absolute atomic E-state index is 0.00797. The Bertz CT molecular complexity index is 1020. The van der Waals surface area contributed by atoms with Gasteiger partial charge in [-0.2, -0.15) is 5.10 Å². The molecule has 4 rings (SSSR count). The van der Waals surface area contributed by atoms with Crippen molar-refractivity contribution in [1.82, 2.24) is 20.0 Å². The highest BCUT2D eigenvalue weighted by Crippen LogP contribution is 2.52. The molecule has 0 saturated carbocycles. The molecule has 1 fully saturated rings. The number of hydrogen-bond donors (Lipinski definition) is 1. The van der Waals surface area contributed by atoms with Gasteiger partial charge >= 0.3 is 0 Å². The summed E-state index contributed by atoms with van der Waals surface area (Å²) in [6.07, 6.45) is 8.47. The minimum Gasteiger partial charge on any atom is -0.378 e. The van der Waals surface area contributed by atoms with Crippen molar-refractivity contribution in [2.45, 2.75) is 44.2 Å². The summed E-state index contributed by atoms with van der Waals surface area (Å²) in [4.78, 5) is 27.2. The van der Waals surface area contributed by atoms with Gasteiger partial charge in [-0.05, 0) is 30.0 Å². The molecule has 0 unspecified atom stereocenters. The second-order valence-corrected chi connectivity index (χ2v) is 9.15. The van der Waals surface area contributed by atoms with Gasteiger partial charge in [0, 0.05) is 56.4 Å². The Balaban J connectivity index is 1.53. The van der Waals surface area contributed by atoms with Gasteiger partial charge in [-0.1, -0.05) is 38.1 Å². The molecule has 2 heterocycles. The maximum Gasteiger partial charge on any atom is 0.246 e. The van der Waals surface area contributed by atoms with Crippen molar-refractivity contribution in [1.29, 1.82) is 0 Å². The van der Waals surface area contributed by atoms with E-state index < -0.39 is 0 Å². The summed E-state index contributed by atoms with van der Waals surface area (Å²) in [5, 5.41) is 7.35. The summed E-state index contributed by atoms with van der Waals surface area (Å²) >= 11 is 0. The highest BCUT2D eigenvalue weighted by atomic mass is 16.5. The van der Waals surface area contributed by atoms with Crippen molar-refractivity contribution in [2.24, 2.45) is 13.0 Å². The highest BCUT2D eigenvalue weighted by Gasteiger charge is 2.54. The lowest BCUT2D eigenvalue weighted by molar-refractivity contribution is -0.129. The third-order valence-corrected chi connectivity index (χ3v) is 6.87. The molecule has 1 aliphatic carbocycles. The number of aromatic nitrogens is 2. The van der Waals surface area contributed by atoms with Crippen molar-refractivity contribution in [2.75, 3.05) is 20.2 Å². The molecule has 0 radical (unpaired) electrons. The Morgan fingerprint density at radius 3 is 2.59 bits per heavy atom. The molecule has 2 amide bonds. The fourth-order valence-electron chi connectivity index (χ4n) is 5.17. The van der Waals surface area contributed by atoms with Crippen LogP contribution in [0, 0.1) is 5.92 Å². The largest absolute Gasteiger partial charge is 0.378 e. The maximum absolute atomic E-state index is 12.8. The van der Waals surface area contributed by atoms with E-state index in [9.17, 15) is 9.59 Å². The maximum atomic E-state index is 12.8. The summed E-state index contributed by atoms with van der Waals surface area (Å²) in [5.74, 6) is -0.0621. The van der Waals surface area contributed by atoms with E-state index in [1.54, 1.807) is 30.1 Å². The molecule has 170 valence electrons. The number of amides is 2. The van der Waals surface area contributed by atoms with E-state index in [1.807, 2.05) is 44.1 Å². The van der Waals surface area contributed by atoms with Crippen molar-refractivity contribution >= 4 is 17.9 Å². The van der Waals surface area contributed by atoms with Crippen LogP contribution in [0.3, 0.4) is 0 Å². The molecular weight excluding hydrogens is 404 g/mol. The fraction of sp³-hybridized carbons (Fsp3) is 0.480. The zero-order valence-corrected chi connectivity index (χ0v) is 19.2. The first-order valence-electron chi connectivity index (χ1n) is 11.2. The molecule has 2 atom stereocenters. The molecule has 1 aromatic heterocycles. The van der Waals surface area contributed by atoms with Crippen LogP contribution in [0.4, 0.5) is 0 Å². The van der Waals surface area contributed by atoms with E-state index in [0.717, 1.165) is 24.0 Å². The van der Waals surface area contributed by atoms with Crippen molar-refractivity contribution < 1.29 is 14.3 Å². The molecule has 7 heteroatoms. The first-order valence-corrected chi connectivity index (χ1v) is 11.2. The number of nitrogens with one attached hydrogen (secondary N) is 1. The van der Waals surface area contributed by atoms with Crippen LogP contribution in [0.2, 0.25) is 0 Å². The van der Waals surface area contributed by atoms with Crippen LogP contribution in [0.5, 0.6) is 0 Å². The van der Waals surface area contributed by atoms with Crippen LogP contribution in [-0.2, 0) is 26.8 Å². The lowest BCUT2D eigenvalue weighted by Gasteiger charge is -2.44. The first kappa shape index (κ1) is 22.3. The Labute approximate surface area is 189 Å². The number of nitrogens with zero attached hydrogens (tertiary/aromatic N) is 3. The smallest absolute Gasteiger partial charge is 0.246 e. The number of benzene rings is 1. The van der Waals surface area contributed by atoms with Crippen LogP contribution in [0.15, 0.2) is 42.7 Å². The molecule has 1 spiro atoms. The number of ether oxygens (including phenoxy) is 1. The number of aryl methyl sites for hydroxylation is 1. The molecule has 0 bridgehead atoms. The molecule has 32 heavy (non-hydrogen) atoms. The zero-order valence-electron chi connectivity index (χ0n) is 19.2. The van der Waals surface area contributed by atoms with E-state index in [1.165, 1.54) is 5.56 Å². The summed E-state index contributed by atoms with van der Waals surface area (Å²) in [5.41, 5.74) is 3.05. The summed E-state index contributed by atoms with van der Waals surface area (Å²) in [7, 11) is 3.58. The van der Waals surface area contributed by atoms with Gasteiger partial charge in [-0.15, -0.1) is 0 Å². The predicted molar refractivity (Wildman–Crippen MR) is 123 cm³/mol. The average Bonchev–Trinajstić information content (AvgIpc) is 3.32. The van der Waals surface area contributed by atoms with Crippen molar-refractivity contribution in [3.63, 3.8) is 0 Å². The van der Waals surface area contributed by atoms with Crippen LogP contribution >= 0.6 is 0 Å². The Hall–Kier alpha value is -2.93. The van der Waals surface area contributed by atoms with Gasteiger partial charge in [0.05, 0.1) is 18.3 Å². The quantitative estimate of drug-likeness (QED) is 0.732. The molecular formula is C25H32N4O3. The summed E-state index contributed by atoms with van der Waals surface area (Å²) in [6.45, 7) is 5.10. The monoisotopic (exact) mass is 436 g/mol. The van der Waals surface area contributed by atoms with Gasteiger partial charge in [0.2, 0.25) is 11.8 Å². The third kappa shape index (κ3) is 3.97. The Morgan fingerprint density at radius 2 is 1.97 bits per heavy atom. The van der Waals surface area contributed by atoms with Gasteiger partial charge in [0.25, 0.3) is 0 Å². The SMILES string of the molecule is CO[C@H]1[C@H](NC(=O)C(C)C)c2ccccc2C12CCN(C(=O)C=Cc1cnn(C)c1)CC2. The third-order valence-electron chi connectivity index (χ3n) is 6.87. The van der Waals surface area contributed by atoms with Crippen LogP contribution < -0.4 is 5.32 Å². The molecule has 1 N–H and O–H groups in total. The second-order valence-electron chi connectivity index (χ2n) is 9.15. The van der Waals surface area contributed by atoms with Gasteiger partial charge in [0.15, 0.2) is 0 Å². The number of carbonyl (C=O) groups is 2. The van der Waals surface area contributed by atoms with E-state index in [4.69, 9.17) is 4.74 Å². The average molecular weight is 437 g/mol. The number of methoxy groups -OCH3 is 1. The fourth-order valence-corrected chi connectivity index (χ4v) is 5.17. The van der Waals surface area contributed by atoms with Gasteiger partial charge in [0.1, 0.15) is 0 Å². The van der Waals surface area contributed by atoms with E-state index in [-0.39, 0.29) is 35.3 Å². The number of rotatable bonds is 5. The van der Waals surface area contributed by atoms with Crippen LogP contribution in [0.25, 0.3) is 6.08 Å². The number of carbonyl (C=O) groups excluding carboxylic acids is 2. The topological polar surface area (TPSA) is 76.5 Å². The van der Waals surface area contributed by atoms with Gasteiger partial charge in [-0.3, -0.25) is 14.3 Å². The lowest BCUT2D eigenvalue weighted by atomic mass is 9.72. The molecule has 7 nitrogen and oxygen atoms in total. The van der Waals surface area contributed by atoms with Crippen molar-refractivity contribution in [3.8, 4) is 0 Å². The van der Waals surface area contributed by atoms with Crippen molar-refractivity contribution in [3.05, 3.63) is 59.4 Å². The standard InChI is InChI=1S/C25H32N4O3/c1-17(2)24(31)27-22-19-7-5-6-8-20(19)25(23(22)32-4)11-13-29(14-12-25)21(30)10-9-18-15-26-28(3)16-18/h5-10,15-17,22-23H,11-14H2,1-4H3,(H,27,31)/t22-,23+/m1/s1. The number of hydrogen-bond acceptors (Lipinski definition) is 4. The number of piperidine rings is 1. The molecule has 1 saturated heterocycles. The molecule has 2 aromatic rings. The van der Waals surface area contributed by atoms with E-state index >= 15 is 0 Å². The van der Waals surface area contributed by atoms with E-state index in [0.29, 0.717) is 13.1 Å². The Kier molecular flexibility index (Phi) is 6.20. The molecule has 1 aromatic carbocycles. The normalized spacial score (nSPS) is 22.0. The molecule has 2 aliphatic rings. The molecule has 1 aliphatic heterocycles. The zero-order chi connectivity index (χ0) is 22.9. The summed E-state index contributed by atoms with van der Waals surface area (Å²) < 4.78 is 7.76. The first-order chi connectivity index (χ1) is 15.4. The number of likely N-dealkylation sites (tertiary alicyclic amines) is 1. The van der Waals surface area contributed by atoms with Gasteiger partial charge < -0.3 is 15.0 Å². The minimum atomic E-state index is -0.218. The summed E-state index contributed by atoms with van der Waals surface area (Å²) in [6, 6.07) is 8.13. The number of fused-ring (bicyclic) bond motifs is 2. The second kappa shape index (κ2) is 8.90. The highest BCUT2D eigenvalue weighted by molar-refractivity contribution is 5.91.